The number of carbonyl (C=O) groups is 5. The number of nitrogens with one attached hydrogen (secondary N) is 2. The summed E-state index contributed by atoms with van der Waals surface area (Å²) in [5, 5.41) is 5.86. The van der Waals surface area contributed by atoms with Crippen LogP contribution in [0.1, 0.15) is 78.2 Å². The second-order valence-corrected chi connectivity index (χ2v) is 12.8. The van der Waals surface area contributed by atoms with Gasteiger partial charge in [0, 0.05) is 36.1 Å². The minimum Gasteiger partial charge on any atom is -0.463 e. The van der Waals surface area contributed by atoms with Crippen LogP contribution in [0.3, 0.4) is 0 Å². The molecule has 3 amide bonds. The van der Waals surface area contributed by atoms with Gasteiger partial charge in [-0.3, -0.25) is 19.2 Å². The number of esters is 1. The van der Waals surface area contributed by atoms with Crippen molar-refractivity contribution in [3.05, 3.63) is 48.0 Å². The lowest BCUT2D eigenvalue weighted by molar-refractivity contribution is -0.137. The van der Waals surface area contributed by atoms with Gasteiger partial charge < -0.3 is 21.1 Å². The van der Waals surface area contributed by atoms with Crippen LogP contribution >= 0.6 is 11.8 Å². The molecular formula is C31H45N3O6S. The summed E-state index contributed by atoms with van der Waals surface area (Å²) in [7, 11) is 0. The lowest BCUT2D eigenvalue weighted by Crippen LogP contribution is -2.50. The number of ketones is 1. The lowest BCUT2D eigenvalue weighted by Gasteiger charge is -2.31. The van der Waals surface area contributed by atoms with Crippen LogP contribution in [0.4, 0.5) is 4.79 Å². The highest BCUT2D eigenvalue weighted by molar-refractivity contribution is 8.14. The fourth-order valence-corrected chi connectivity index (χ4v) is 5.86. The van der Waals surface area contributed by atoms with Gasteiger partial charge in [0.1, 0.15) is 0 Å². The van der Waals surface area contributed by atoms with Gasteiger partial charge in [-0.2, -0.15) is 0 Å². The number of Topliss-reactive ketones (excluding diaryl/α,β-unsaturated/α-hetero) is 1. The third kappa shape index (κ3) is 12.9. The summed E-state index contributed by atoms with van der Waals surface area (Å²) in [6.45, 7) is 7.56. The highest BCUT2D eigenvalue weighted by Crippen LogP contribution is 2.31. The molecule has 0 unspecified atom stereocenters. The van der Waals surface area contributed by atoms with Crippen molar-refractivity contribution in [3.8, 4) is 0 Å². The van der Waals surface area contributed by atoms with Gasteiger partial charge in [-0.05, 0) is 43.6 Å². The normalized spacial score (nSPS) is 16.1. The molecule has 1 saturated carbocycles. The Balaban J connectivity index is 2.23. The summed E-state index contributed by atoms with van der Waals surface area (Å²) in [6, 6.07) is 7.92. The topological polar surface area (TPSA) is 145 Å². The number of hydrogen-bond donors (Lipinski definition) is 3. The highest BCUT2D eigenvalue weighted by atomic mass is 32.2. The molecule has 2 rings (SSSR count). The molecule has 0 heterocycles. The van der Waals surface area contributed by atoms with Gasteiger partial charge in [-0.25, -0.2) is 4.79 Å². The molecule has 1 aromatic rings. The fourth-order valence-electron chi connectivity index (χ4n) is 4.81. The second kappa shape index (κ2) is 17.0. The van der Waals surface area contributed by atoms with Crippen LogP contribution in [0.25, 0.3) is 0 Å². The molecule has 10 heteroatoms. The molecule has 0 aliphatic heterocycles. The van der Waals surface area contributed by atoms with Crippen molar-refractivity contribution in [1.29, 1.82) is 0 Å². The quantitative estimate of drug-likeness (QED) is 0.203. The molecule has 1 aliphatic rings. The van der Waals surface area contributed by atoms with Crippen LogP contribution in [0, 0.1) is 11.3 Å². The van der Waals surface area contributed by atoms with Crippen molar-refractivity contribution in [1.82, 2.24) is 10.6 Å². The Morgan fingerprint density at radius 1 is 1.07 bits per heavy atom. The molecule has 9 nitrogen and oxygen atoms in total. The summed E-state index contributed by atoms with van der Waals surface area (Å²) >= 11 is 1.26. The van der Waals surface area contributed by atoms with Crippen LogP contribution in [-0.2, 0) is 30.3 Å². The van der Waals surface area contributed by atoms with Crippen LogP contribution in [0.15, 0.2) is 42.5 Å². The molecule has 0 radical (unpaired) electrons. The molecule has 0 saturated heterocycles. The van der Waals surface area contributed by atoms with Crippen molar-refractivity contribution in [2.45, 2.75) is 96.4 Å². The minimum atomic E-state index is -0.774. The number of carbonyl (C=O) groups excluding carboxylic acids is 5. The van der Waals surface area contributed by atoms with Crippen LogP contribution < -0.4 is 16.4 Å². The van der Waals surface area contributed by atoms with Gasteiger partial charge in [0.2, 0.25) is 11.8 Å². The maximum atomic E-state index is 13.7. The van der Waals surface area contributed by atoms with Crippen LogP contribution in [-0.4, -0.2) is 52.7 Å². The van der Waals surface area contributed by atoms with E-state index in [-0.39, 0.29) is 42.1 Å². The molecule has 1 aromatic carbocycles. The number of primary amides is 1. The lowest BCUT2D eigenvalue weighted by atomic mass is 9.80. The van der Waals surface area contributed by atoms with Gasteiger partial charge in [-0.15, -0.1) is 0 Å². The molecule has 3 atom stereocenters. The van der Waals surface area contributed by atoms with Crippen molar-refractivity contribution >= 4 is 40.6 Å². The minimum absolute atomic E-state index is 0.00279. The molecule has 1 aliphatic carbocycles. The van der Waals surface area contributed by atoms with Crippen molar-refractivity contribution < 1.29 is 28.7 Å². The zero-order valence-electron chi connectivity index (χ0n) is 24.6. The Labute approximate surface area is 247 Å². The smallest absolute Gasteiger partial charge is 0.330 e. The molecule has 0 spiro atoms. The monoisotopic (exact) mass is 587 g/mol. The number of thioether (sulfide) groups is 1. The summed E-state index contributed by atoms with van der Waals surface area (Å²) < 4.78 is 4.92. The number of benzene rings is 1. The summed E-state index contributed by atoms with van der Waals surface area (Å²) in [5.74, 6) is -2.49. The predicted octanol–water partition coefficient (Wildman–Crippen LogP) is 4.47. The fraction of sp³-hybridized carbons (Fsp3) is 0.581. The maximum Gasteiger partial charge on any atom is 0.330 e. The van der Waals surface area contributed by atoms with E-state index in [1.54, 1.807) is 6.92 Å². The number of rotatable bonds is 15. The molecular weight excluding hydrogens is 542 g/mol. The molecule has 4 N–H and O–H groups in total. The predicted molar refractivity (Wildman–Crippen MR) is 161 cm³/mol. The zero-order valence-corrected chi connectivity index (χ0v) is 25.5. The van der Waals surface area contributed by atoms with Crippen molar-refractivity contribution in [2.24, 2.45) is 17.1 Å². The number of amides is 3. The van der Waals surface area contributed by atoms with E-state index >= 15 is 0 Å². The Kier molecular flexibility index (Phi) is 14.1. The first-order chi connectivity index (χ1) is 19.4. The van der Waals surface area contributed by atoms with Gasteiger partial charge in [0.05, 0.1) is 12.6 Å². The SMILES string of the molecule is CCOC(=O)/C=C/[C@H](CCC(N)=O)NC(=O)[C@@H](CC(=O)[C@@H](NC(=O)SC1CCCC1)C(C)(C)C)Cc1ccccc1. The Bertz CT molecular complexity index is 1060. The average molecular weight is 588 g/mol. The largest absolute Gasteiger partial charge is 0.463 e. The van der Waals surface area contributed by atoms with Crippen LogP contribution in [0.5, 0.6) is 0 Å². The summed E-state index contributed by atoms with van der Waals surface area (Å²) in [4.78, 5) is 63.5. The molecule has 0 bridgehead atoms. The van der Waals surface area contributed by atoms with Crippen LogP contribution in [0.2, 0.25) is 0 Å². The van der Waals surface area contributed by atoms with E-state index in [0.29, 0.717) is 6.42 Å². The molecule has 0 aromatic heterocycles. The van der Waals surface area contributed by atoms with E-state index in [1.807, 2.05) is 51.1 Å². The number of ether oxygens (including phenoxy) is 1. The molecule has 226 valence electrons. The first-order valence-electron chi connectivity index (χ1n) is 14.4. The Hall–Kier alpha value is -3.14. The van der Waals surface area contributed by atoms with E-state index in [2.05, 4.69) is 10.6 Å². The van der Waals surface area contributed by atoms with E-state index in [1.165, 1.54) is 23.9 Å². The third-order valence-corrected chi connectivity index (χ3v) is 8.09. The second-order valence-electron chi connectivity index (χ2n) is 11.5. The third-order valence-electron chi connectivity index (χ3n) is 6.95. The summed E-state index contributed by atoms with van der Waals surface area (Å²) in [6.07, 6.45) is 7.26. The van der Waals surface area contributed by atoms with Crippen molar-refractivity contribution in [2.75, 3.05) is 6.61 Å². The van der Waals surface area contributed by atoms with E-state index in [4.69, 9.17) is 10.5 Å². The molecule has 41 heavy (non-hydrogen) atoms. The standard InChI is InChI=1S/C31H45N3O6S/c1-5-40-27(37)18-16-23(15-17-26(32)36)33-29(38)22(19-21-11-7-6-8-12-21)20-25(35)28(31(2,3)4)34-30(39)41-24-13-9-10-14-24/h6-8,11-12,16,18,22-24,28H,5,9-10,13-15,17,19-20H2,1-4H3,(H2,32,36)(H,33,38)(H,34,39)/b18-16+/t22-,23+,28-/m1/s1. The maximum absolute atomic E-state index is 13.7. The van der Waals surface area contributed by atoms with E-state index < -0.39 is 41.2 Å². The van der Waals surface area contributed by atoms with Gasteiger partial charge in [-0.1, -0.05) is 81.8 Å². The summed E-state index contributed by atoms with van der Waals surface area (Å²) in [5.41, 5.74) is 5.63. The van der Waals surface area contributed by atoms with Gasteiger partial charge in [0.25, 0.3) is 5.24 Å². The first kappa shape index (κ1) is 34.1. The zero-order chi connectivity index (χ0) is 30.4. The Morgan fingerprint density at radius 3 is 2.32 bits per heavy atom. The molecule has 1 fully saturated rings. The highest BCUT2D eigenvalue weighted by Gasteiger charge is 2.36. The van der Waals surface area contributed by atoms with Gasteiger partial charge in [0.15, 0.2) is 5.78 Å². The van der Waals surface area contributed by atoms with E-state index in [0.717, 1.165) is 31.2 Å². The number of nitrogens with two attached hydrogens (primary N) is 1. The Morgan fingerprint density at radius 2 is 1.73 bits per heavy atom. The van der Waals surface area contributed by atoms with Crippen molar-refractivity contribution in [3.63, 3.8) is 0 Å². The van der Waals surface area contributed by atoms with E-state index in [9.17, 15) is 24.0 Å². The average Bonchev–Trinajstić information content (AvgIpc) is 3.41. The first-order valence-corrected chi connectivity index (χ1v) is 15.2. The van der Waals surface area contributed by atoms with Gasteiger partial charge >= 0.3 is 5.97 Å². The number of hydrogen-bond acceptors (Lipinski definition) is 7.